The summed E-state index contributed by atoms with van der Waals surface area (Å²) in [6.07, 6.45) is 4.09. The van der Waals surface area contributed by atoms with Crippen LogP contribution in [0.4, 0.5) is 5.69 Å². The zero-order chi connectivity index (χ0) is 19.1. The van der Waals surface area contributed by atoms with Crippen molar-refractivity contribution >= 4 is 5.69 Å². The second-order valence-electron chi connectivity index (χ2n) is 7.03. The van der Waals surface area contributed by atoms with E-state index in [0.29, 0.717) is 18.1 Å². The van der Waals surface area contributed by atoms with Crippen molar-refractivity contribution in [2.45, 2.75) is 25.7 Å². The number of nitriles is 1. The lowest BCUT2D eigenvalue weighted by Crippen LogP contribution is -2.35. The fourth-order valence-electron chi connectivity index (χ4n) is 3.48. The number of hydrogen-bond acceptors (Lipinski definition) is 5. The van der Waals surface area contributed by atoms with Crippen molar-refractivity contribution in [3.05, 3.63) is 59.2 Å². The standard InChI is InChI=1S/C22H27N3O2/c1-26-21-7-6-20(22(24)15-21)14-18-8-11-25(12-9-18)27-13-10-17-2-4-19(16-23)5-3-17/h2-7,15,18H,8-14,24H2,1H3. The van der Waals surface area contributed by atoms with Crippen molar-refractivity contribution < 1.29 is 9.57 Å². The highest BCUT2D eigenvalue weighted by molar-refractivity contribution is 5.51. The Bertz CT molecular complexity index is 775. The Kier molecular flexibility index (Phi) is 6.69. The van der Waals surface area contributed by atoms with Crippen LogP contribution in [0.15, 0.2) is 42.5 Å². The fraction of sp³-hybridized carbons (Fsp3) is 0.409. The van der Waals surface area contributed by atoms with E-state index >= 15 is 0 Å². The summed E-state index contributed by atoms with van der Waals surface area (Å²) in [5.74, 6) is 1.45. The van der Waals surface area contributed by atoms with Crippen LogP contribution in [0.1, 0.15) is 29.5 Å². The van der Waals surface area contributed by atoms with Gasteiger partial charge in [-0.15, -0.1) is 0 Å². The van der Waals surface area contributed by atoms with Crippen molar-refractivity contribution in [3.63, 3.8) is 0 Å². The molecule has 2 aromatic carbocycles. The Morgan fingerprint density at radius 3 is 2.52 bits per heavy atom. The number of hydroxylamine groups is 2. The fourth-order valence-corrected chi connectivity index (χ4v) is 3.48. The molecule has 5 heteroatoms. The smallest absolute Gasteiger partial charge is 0.120 e. The lowest BCUT2D eigenvalue weighted by atomic mass is 9.90. The lowest BCUT2D eigenvalue weighted by molar-refractivity contribution is -0.173. The second-order valence-corrected chi connectivity index (χ2v) is 7.03. The first-order valence-corrected chi connectivity index (χ1v) is 9.47. The van der Waals surface area contributed by atoms with Gasteiger partial charge in [0.15, 0.2) is 0 Å². The van der Waals surface area contributed by atoms with Crippen molar-refractivity contribution in [2.75, 3.05) is 32.5 Å². The van der Waals surface area contributed by atoms with Gasteiger partial charge in [-0.25, -0.2) is 0 Å². The minimum absolute atomic E-state index is 0.638. The van der Waals surface area contributed by atoms with Crippen molar-refractivity contribution in [1.82, 2.24) is 5.06 Å². The van der Waals surface area contributed by atoms with Crippen LogP contribution >= 0.6 is 0 Å². The van der Waals surface area contributed by atoms with E-state index in [1.807, 2.05) is 36.4 Å². The number of ether oxygens (including phenoxy) is 1. The summed E-state index contributed by atoms with van der Waals surface area (Å²) in [5, 5.41) is 10.9. The number of benzene rings is 2. The highest BCUT2D eigenvalue weighted by Gasteiger charge is 2.20. The molecule has 27 heavy (non-hydrogen) atoms. The average Bonchev–Trinajstić information content (AvgIpc) is 2.71. The Balaban J connectivity index is 1.39. The first-order valence-electron chi connectivity index (χ1n) is 9.47. The Morgan fingerprint density at radius 1 is 1.15 bits per heavy atom. The molecule has 0 unspecified atom stereocenters. The van der Waals surface area contributed by atoms with Crippen LogP contribution in [0.3, 0.4) is 0 Å². The summed E-state index contributed by atoms with van der Waals surface area (Å²) in [4.78, 5) is 5.92. The lowest BCUT2D eigenvalue weighted by Gasteiger charge is -2.31. The number of hydrogen-bond donors (Lipinski definition) is 1. The molecule has 1 saturated heterocycles. The predicted octanol–water partition coefficient (Wildman–Crippen LogP) is 3.58. The Labute approximate surface area is 161 Å². The molecule has 2 N–H and O–H groups in total. The van der Waals surface area contributed by atoms with Crippen LogP contribution in [0.2, 0.25) is 0 Å². The Morgan fingerprint density at radius 2 is 1.89 bits per heavy atom. The zero-order valence-corrected chi connectivity index (χ0v) is 15.9. The number of methoxy groups -OCH3 is 1. The van der Waals surface area contributed by atoms with Crippen LogP contribution in [-0.2, 0) is 17.7 Å². The molecule has 0 amide bonds. The molecule has 0 aliphatic carbocycles. The minimum Gasteiger partial charge on any atom is -0.497 e. The summed E-state index contributed by atoms with van der Waals surface area (Å²) in [5.41, 5.74) is 10.1. The van der Waals surface area contributed by atoms with E-state index in [4.69, 9.17) is 20.6 Å². The maximum atomic E-state index is 8.83. The molecule has 2 aromatic rings. The molecule has 0 spiro atoms. The van der Waals surface area contributed by atoms with Gasteiger partial charge in [0.25, 0.3) is 0 Å². The number of nitrogen functional groups attached to an aromatic ring is 1. The summed E-state index contributed by atoms with van der Waals surface area (Å²) in [6, 6.07) is 15.8. The van der Waals surface area contributed by atoms with Gasteiger partial charge in [0.1, 0.15) is 5.75 Å². The quantitative estimate of drug-likeness (QED) is 0.760. The van der Waals surface area contributed by atoms with Gasteiger partial charge < -0.3 is 10.5 Å². The molecular weight excluding hydrogens is 338 g/mol. The van der Waals surface area contributed by atoms with Crippen LogP contribution in [0.25, 0.3) is 0 Å². The maximum absolute atomic E-state index is 8.83. The molecule has 0 aromatic heterocycles. The third kappa shape index (κ3) is 5.46. The molecule has 0 saturated carbocycles. The predicted molar refractivity (Wildman–Crippen MR) is 106 cm³/mol. The topological polar surface area (TPSA) is 71.5 Å². The molecule has 0 radical (unpaired) electrons. The second kappa shape index (κ2) is 9.40. The number of piperidine rings is 1. The van der Waals surface area contributed by atoms with E-state index in [1.54, 1.807) is 7.11 Å². The van der Waals surface area contributed by atoms with Gasteiger partial charge in [-0.3, -0.25) is 4.84 Å². The van der Waals surface area contributed by atoms with Gasteiger partial charge in [0.05, 0.1) is 25.3 Å². The van der Waals surface area contributed by atoms with E-state index in [1.165, 1.54) is 11.1 Å². The maximum Gasteiger partial charge on any atom is 0.120 e. The normalized spacial score (nSPS) is 15.4. The number of nitrogens with two attached hydrogens (primary N) is 1. The molecule has 1 fully saturated rings. The molecule has 1 heterocycles. The molecule has 0 bridgehead atoms. The van der Waals surface area contributed by atoms with Crippen molar-refractivity contribution in [2.24, 2.45) is 5.92 Å². The monoisotopic (exact) mass is 365 g/mol. The van der Waals surface area contributed by atoms with E-state index < -0.39 is 0 Å². The average molecular weight is 365 g/mol. The third-order valence-corrected chi connectivity index (χ3v) is 5.18. The van der Waals surface area contributed by atoms with Crippen LogP contribution in [0.5, 0.6) is 5.75 Å². The third-order valence-electron chi connectivity index (χ3n) is 5.18. The van der Waals surface area contributed by atoms with Gasteiger partial charge in [-0.1, -0.05) is 18.2 Å². The van der Waals surface area contributed by atoms with E-state index in [9.17, 15) is 0 Å². The molecule has 0 atom stereocenters. The molecular formula is C22H27N3O2. The van der Waals surface area contributed by atoms with Gasteiger partial charge in [-0.2, -0.15) is 10.3 Å². The number of rotatable bonds is 7. The van der Waals surface area contributed by atoms with Crippen molar-refractivity contribution in [3.8, 4) is 11.8 Å². The zero-order valence-electron chi connectivity index (χ0n) is 15.9. The summed E-state index contributed by atoms with van der Waals surface area (Å²) in [7, 11) is 1.66. The largest absolute Gasteiger partial charge is 0.497 e. The molecule has 142 valence electrons. The highest BCUT2D eigenvalue weighted by Crippen LogP contribution is 2.27. The van der Waals surface area contributed by atoms with Gasteiger partial charge in [-0.05, 0) is 60.9 Å². The summed E-state index contributed by atoms with van der Waals surface area (Å²) in [6.45, 7) is 2.57. The van der Waals surface area contributed by atoms with Crippen LogP contribution in [0, 0.1) is 17.2 Å². The molecule has 1 aliphatic heterocycles. The van der Waals surface area contributed by atoms with E-state index in [-0.39, 0.29) is 0 Å². The summed E-state index contributed by atoms with van der Waals surface area (Å²) >= 11 is 0. The SMILES string of the molecule is COc1ccc(CC2CCN(OCCc3ccc(C#N)cc3)CC2)c(N)c1. The summed E-state index contributed by atoms with van der Waals surface area (Å²) < 4.78 is 5.22. The Hall–Kier alpha value is -2.55. The first-order chi connectivity index (χ1) is 13.2. The van der Waals surface area contributed by atoms with Gasteiger partial charge in [0.2, 0.25) is 0 Å². The van der Waals surface area contributed by atoms with Crippen molar-refractivity contribution in [1.29, 1.82) is 5.26 Å². The van der Waals surface area contributed by atoms with E-state index in [2.05, 4.69) is 17.2 Å². The van der Waals surface area contributed by atoms with Crippen LogP contribution < -0.4 is 10.5 Å². The molecule has 3 rings (SSSR count). The van der Waals surface area contributed by atoms with Crippen LogP contribution in [-0.4, -0.2) is 31.9 Å². The molecule has 1 aliphatic rings. The van der Waals surface area contributed by atoms with Gasteiger partial charge in [0, 0.05) is 24.8 Å². The van der Waals surface area contributed by atoms with Gasteiger partial charge >= 0.3 is 0 Å². The first kappa shape index (κ1) is 19.2. The van der Waals surface area contributed by atoms with E-state index in [0.717, 1.165) is 50.2 Å². The minimum atomic E-state index is 0.638. The number of anilines is 1. The number of nitrogens with zero attached hydrogens (tertiary/aromatic N) is 2. The molecule has 5 nitrogen and oxygen atoms in total. The highest BCUT2D eigenvalue weighted by atomic mass is 16.7.